The van der Waals surface area contributed by atoms with Gasteiger partial charge in [-0.3, -0.25) is 0 Å². The third kappa shape index (κ3) is 3.38. The average Bonchev–Trinajstić information content (AvgIpc) is 2.81. The molecule has 0 saturated heterocycles. The zero-order chi connectivity index (χ0) is 20.2. The van der Waals surface area contributed by atoms with E-state index < -0.39 is 0 Å². The van der Waals surface area contributed by atoms with Gasteiger partial charge in [-0.1, -0.05) is 97.1 Å². The summed E-state index contributed by atoms with van der Waals surface area (Å²) >= 11 is 0. The Kier molecular flexibility index (Phi) is 4.64. The summed E-state index contributed by atoms with van der Waals surface area (Å²) in [6.45, 7) is 0. The van der Waals surface area contributed by atoms with Crippen LogP contribution < -0.4 is 0 Å². The third-order valence-electron chi connectivity index (χ3n) is 5.08. The van der Waals surface area contributed by atoms with Crippen LogP contribution in [0.5, 0.6) is 0 Å². The molecule has 5 aromatic rings. The molecule has 0 aliphatic rings. The smallest absolute Gasteiger partial charge is 0.0334 e. The summed E-state index contributed by atoms with van der Waals surface area (Å²) in [6, 6.07) is 52.2. The fourth-order valence-electron chi connectivity index (χ4n) is 3.64. The van der Waals surface area contributed by atoms with Gasteiger partial charge in [0.05, 0.1) is 0 Å². The molecule has 0 aromatic heterocycles. The normalized spacial score (nSPS) is 9.87. The first-order valence-corrected chi connectivity index (χ1v) is 9.81. The maximum absolute atomic E-state index is 3.41. The monoisotopic (exact) mass is 376 g/mol. The first kappa shape index (κ1) is 17.6. The van der Waals surface area contributed by atoms with Crippen LogP contribution in [0.3, 0.4) is 0 Å². The van der Waals surface area contributed by atoms with Gasteiger partial charge in [-0.05, 0) is 57.9 Å². The minimum absolute atomic E-state index is 0.951. The minimum Gasteiger partial charge on any atom is -0.0616 e. The van der Waals surface area contributed by atoms with Crippen molar-refractivity contribution in [1.82, 2.24) is 0 Å². The van der Waals surface area contributed by atoms with E-state index in [-0.39, 0.29) is 0 Å². The molecule has 0 atom stereocenters. The van der Waals surface area contributed by atoms with Crippen molar-refractivity contribution in [2.24, 2.45) is 0 Å². The van der Waals surface area contributed by atoms with Crippen LogP contribution in [-0.4, -0.2) is 0 Å². The molecule has 0 fully saturated rings. The topological polar surface area (TPSA) is 0 Å². The predicted molar refractivity (Wildman–Crippen MR) is 125 cm³/mol. The first-order valence-electron chi connectivity index (χ1n) is 9.81. The van der Waals surface area contributed by atoms with Gasteiger partial charge in [0.25, 0.3) is 0 Å². The van der Waals surface area contributed by atoms with Gasteiger partial charge >= 0.3 is 0 Å². The van der Waals surface area contributed by atoms with E-state index in [9.17, 15) is 0 Å². The zero-order valence-corrected chi connectivity index (χ0v) is 16.2. The van der Waals surface area contributed by atoms with Gasteiger partial charge in [0.15, 0.2) is 0 Å². The Hall–Kier alpha value is -4.44. The lowest BCUT2D eigenvalue weighted by atomic mass is 10.1. The SMILES string of the molecule is c1c#cc2ccccc2c2ccccc2c#cc2ccccc2c2ccccc2c#1. The van der Waals surface area contributed by atoms with Gasteiger partial charge in [0.1, 0.15) is 0 Å². The molecule has 0 radical (unpaired) electrons. The number of hydrogen-bond donors (Lipinski definition) is 0. The molecular formula is C30H16. The van der Waals surface area contributed by atoms with Crippen molar-refractivity contribution in [2.75, 3.05) is 0 Å². The summed E-state index contributed by atoms with van der Waals surface area (Å²) in [7, 11) is 0. The summed E-state index contributed by atoms with van der Waals surface area (Å²) < 4.78 is 0. The van der Waals surface area contributed by atoms with Crippen molar-refractivity contribution in [3.05, 3.63) is 133 Å². The number of benzene rings is 4. The van der Waals surface area contributed by atoms with Gasteiger partial charge < -0.3 is 0 Å². The maximum Gasteiger partial charge on any atom is 0.0334 e. The van der Waals surface area contributed by atoms with Crippen LogP contribution in [0.25, 0.3) is 43.1 Å². The summed E-state index contributed by atoms with van der Waals surface area (Å²) in [6.07, 6.45) is 0. The molecule has 0 heterocycles. The summed E-state index contributed by atoms with van der Waals surface area (Å²) in [4.78, 5) is 0. The Labute approximate surface area is 176 Å². The predicted octanol–water partition coefficient (Wildman–Crippen LogP) is 7.35. The van der Waals surface area contributed by atoms with E-state index in [2.05, 4.69) is 72.8 Å². The van der Waals surface area contributed by atoms with Gasteiger partial charge in [0, 0.05) is 21.5 Å². The molecule has 0 spiro atoms. The lowest BCUT2D eigenvalue weighted by Gasteiger charge is -1.97. The molecule has 0 N–H and O–H groups in total. The highest BCUT2D eigenvalue weighted by atomic mass is 14.0. The summed E-state index contributed by atoms with van der Waals surface area (Å²) in [5, 5.41) is 8.18. The van der Waals surface area contributed by atoms with Gasteiger partial charge in [-0.2, -0.15) is 0 Å². The van der Waals surface area contributed by atoms with Crippen molar-refractivity contribution in [2.45, 2.75) is 0 Å². The van der Waals surface area contributed by atoms with Crippen LogP contribution in [0.15, 0.2) is 97.1 Å². The van der Waals surface area contributed by atoms with Crippen molar-refractivity contribution >= 4 is 43.1 Å². The molecule has 5 aromatic carbocycles. The van der Waals surface area contributed by atoms with Crippen molar-refractivity contribution in [1.29, 1.82) is 0 Å². The van der Waals surface area contributed by atoms with Crippen molar-refractivity contribution in [3.63, 3.8) is 0 Å². The molecule has 136 valence electrons. The Balaban J connectivity index is 2.03. The standard InChI is InChI=1S/C30H16/c1-2-12-24-14-4-8-18-28(24)30-20-10-6-16-26(30)22-21-25-15-5-9-19-29(25)27-17-7-3-13-23(27)11-1/h3-10,13-20H. The fourth-order valence-corrected chi connectivity index (χ4v) is 3.64. The minimum atomic E-state index is 0.951. The molecule has 0 heteroatoms. The van der Waals surface area contributed by atoms with Crippen molar-refractivity contribution in [3.8, 4) is 0 Å². The fraction of sp³-hybridized carbons (Fsp3) is 0. The average molecular weight is 376 g/mol. The molecule has 0 amide bonds. The number of hydrogen-bond acceptors (Lipinski definition) is 0. The second kappa shape index (κ2) is 7.89. The highest BCUT2D eigenvalue weighted by Crippen LogP contribution is 2.21. The van der Waals surface area contributed by atoms with E-state index in [0.29, 0.717) is 0 Å². The number of rotatable bonds is 0. The first-order chi connectivity index (χ1) is 14.9. The van der Waals surface area contributed by atoms with E-state index in [1.807, 2.05) is 60.7 Å². The number of fused-ring (bicyclic) bond motifs is 6. The molecular weight excluding hydrogens is 360 g/mol. The Morgan fingerprint density at radius 3 is 0.900 bits per heavy atom. The van der Waals surface area contributed by atoms with E-state index in [1.165, 1.54) is 0 Å². The third-order valence-corrected chi connectivity index (χ3v) is 5.08. The van der Waals surface area contributed by atoms with E-state index >= 15 is 0 Å². The quantitative estimate of drug-likeness (QED) is 0.265. The lowest BCUT2D eigenvalue weighted by molar-refractivity contribution is 1.78. The lowest BCUT2D eigenvalue weighted by Crippen LogP contribution is -1.72. The second-order valence-corrected chi connectivity index (χ2v) is 6.93. The van der Waals surface area contributed by atoms with Crippen molar-refractivity contribution < 1.29 is 0 Å². The van der Waals surface area contributed by atoms with Crippen LogP contribution in [-0.2, 0) is 0 Å². The molecule has 0 nitrogen and oxygen atoms in total. The zero-order valence-electron chi connectivity index (χ0n) is 16.2. The summed E-state index contributed by atoms with van der Waals surface area (Å²) in [5.74, 6) is 0. The Bertz CT molecular complexity index is 1380. The largest absolute Gasteiger partial charge is 0.0616 e. The van der Waals surface area contributed by atoms with Gasteiger partial charge in [-0.15, -0.1) is 0 Å². The van der Waals surface area contributed by atoms with Crippen LogP contribution >= 0.6 is 0 Å². The molecule has 0 unspecified atom stereocenters. The van der Waals surface area contributed by atoms with E-state index in [1.54, 1.807) is 0 Å². The molecule has 0 saturated carbocycles. The van der Waals surface area contributed by atoms with Crippen LogP contribution in [0.1, 0.15) is 0 Å². The molecule has 30 heavy (non-hydrogen) atoms. The van der Waals surface area contributed by atoms with Gasteiger partial charge in [0.2, 0.25) is 0 Å². The molecule has 0 bridgehead atoms. The van der Waals surface area contributed by atoms with Crippen LogP contribution in [0.2, 0.25) is 0 Å². The maximum atomic E-state index is 3.41. The van der Waals surface area contributed by atoms with Crippen LogP contribution in [0, 0.1) is 36.4 Å². The highest BCUT2D eigenvalue weighted by Gasteiger charge is 1.96. The Morgan fingerprint density at radius 2 is 0.567 bits per heavy atom. The second-order valence-electron chi connectivity index (χ2n) is 6.93. The van der Waals surface area contributed by atoms with E-state index in [4.69, 9.17) is 0 Å². The van der Waals surface area contributed by atoms with Crippen LogP contribution in [0.4, 0.5) is 0 Å². The highest BCUT2D eigenvalue weighted by molar-refractivity contribution is 6.05. The molecule has 0 aliphatic carbocycles. The Morgan fingerprint density at radius 1 is 0.300 bits per heavy atom. The van der Waals surface area contributed by atoms with E-state index in [0.717, 1.165) is 43.1 Å². The molecule has 5 rings (SSSR count). The summed E-state index contributed by atoms with van der Waals surface area (Å²) in [5.41, 5.74) is 0. The molecule has 0 aliphatic heterocycles. The van der Waals surface area contributed by atoms with Gasteiger partial charge in [-0.25, -0.2) is 0 Å².